The first-order chi connectivity index (χ1) is 13.0. The Kier molecular flexibility index (Phi) is 6.01. The van der Waals surface area contributed by atoms with Crippen molar-refractivity contribution < 1.29 is 22.3 Å². The number of hydrogen-bond acceptors (Lipinski definition) is 4. The predicted molar refractivity (Wildman–Crippen MR) is 101 cm³/mol. The molecule has 0 aliphatic carbocycles. The van der Waals surface area contributed by atoms with Crippen LogP contribution in [0.25, 0.3) is 0 Å². The van der Waals surface area contributed by atoms with Gasteiger partial charge in [-0.3, -0.25) is 0 Å². The van der Waals surface area contributed by atoms with Crippen LogP contribution in [0, 0.1) is 5.82 Å². The summed E-state index contributed by atoms with van der Waals surface area (Å²) in [6.07, 6.45) is 3.29. The van der Waals surface area contributed by atoms with Crippen LogP contribution in [-0.4, -0.2) is 33.5 Å². The van der Waals surface area contributed by atoms with E-state index in [1.165, 1.54) is 42.8 Å². The number of rotatable bonds is 5. The Morgan fingerprint density at radius 1 is 1.00 bits per heavy atom. The van der Waals surface area contributed by atoms with E-state index in [1.54, 1.807) is 18.2 Å². The maximum absolute atomic E-state index is 13.8. The largest absolute Gasteiger partial charge is 0.493 e. The minimum absolute atomic E-state index is 0.142. The summed E-state index contributed by atoms with van der Waals surface area (Å²) in [4.78, 5) is 0.142. The molecular weight excluding hydrogens is 369 g/mol. The third kappa shape index (κ3) is 4.09. The minimum atomic E-state index is -3.78. The molecule has 0 bridgehead atoms. The fraction of sp³-hybridized carbons (Fsp3) is 0.400. The highest BCUT2D eigenvalue weighted by molar-refractivity contribution is 7.89. The van der Waals surface area contributed by atoms with Gasteiger partial charge < -0.3 is 9.47 Å². The normalized spacial score (nSPS) is 18.7. The Hall–Kier alpha value is -2.12. The van der Waals surface area contributed by atoms with Gasteiger partial charge in [-0.05, 0) is 42.7 Å². The van der Waals surface area contributed by atoms with Gasteiger partial charge >= 0.3 is 0 Å². The number of benzene rings is 2. The van der Waals surface area contributed by atoms with Gasteiger partial charge in [-0.15, -0.1) is 0 Å². The van der Waals surface area contributed by atoms with Crippen molar-refractivity contribution >= 4 is 10.0 Å². The maximum Gasteiger partial charge on any atom is 0.243 e. The van der Waals surface area contributed by atoms with Crippen LogP contribution in [0.15, 0.2) is 47.4 Å². The van der Waals surface area contributed by atoms with E-state index < -0.39 is 10.0 Å². The number of sulfonamides is 1. The van der Waals surface area contributed by atoms with Gasteiger partial charge in [0, 0.05) is 12.6 Å². The lowest BCUT2D eigenvalue weighted by atomic mass is 10.0. The van der Waals surface area contributed by atoms with Crippen LogP contribution in [0.1, 0.15) is 37.3 Å². The van der Waals surface area contributed by atoms with Crippen LogP contribution >= 0.6 is 0 Å². The Bertz CT molecular complexity index is 901. The predicted octanol–water partition coefficient (Wildman–Crippen LogP) is 4.15. The zero-order valence-electron chi connectivity index (χ0n) is 15.5. The Morgan fingerprint density at radius 3 is 2.48 bits per heavy atom. The van der Waals surface area contributed by atoms with Crippen LogP contribution in [0.3, 0.4) is 0 Å². The summed E-state index contributed by atoms with van der Waals surface area (Å²) in [5.41, 5.74) is 0.681. The van der Waals surface area contributed by atoms with Crippen LogP contribution in [0.2, 0.25) is 0 Å². The number of nitrogens with zero attached hydrogens (tertiary/aromatic N) is 1. The highest BCUT2D eigenvalue weighted by atomic mass is 32.2. The van der Waals surface area contributed by atoms with Crippen molar-refractivity contribution in [2.75, 3.05) is 20.8 Å². The second-order valence-electron chi connectivity index (χ2n) is 6.55. The van der Waals surface area contributed by atoms with Gasteiger partial charge in [0.05, 0.1) is 25.2 Å². The molecule has 0 N–H and O–H groups in total. The molecule has 1 heterocycles. The minimum Gasteiger partial charge on any atom is -0.493 e. The average Bonchev–Trinajstić information content (AvgIpc) is 2.94. The second-order valence-corrected chi connectivity index (χ2v) is 8.44. The Balaban J connectivity index is 2.04. The summed E-state index contributed by atoms with van der Waals surface area (Å²) >= 11 is 0. The first-order valence-electron chi connectivity index (χ1n) is 8.96. The average molecular weight is 393 g/mol. The monoisotopic (exact) mass is 393 g/mol. The molecule has 0 saturated carbocycles. The standard InChI is InChI=1S/C20H24FNO4S/c1-25-19-11-10-17(14-20(19)26-2)27(23,24)22-12-5-3-4-9-18(22)15-7-6-8-16(21)13-15/h6-8,10-11,13-14,18H,3-5,9,12H2,1-2H3/t18-/m0/s1. The van der Waals surface area contributed by atoms with Crippen molar-refractivity contribution in [2.45, 2.75) is 36.6 Å². The Labute approximate surface area is 159 Å². The summed E-state index contributed by atoms with van der Waals surface area (Å²) < 4.78 is 52.5. The van der Waals surface area contributed by atoms with E-state index in [2.05, 4.69) is 0 Å². The number of hydrogen-bond donors (Lipinski definition) is 0. The molecule has 0 unspecified atom stereocenters. The number of halogens is 1. The van der Waals surface area contributed by atoms with Gasteiger partial charge in [0.15, 0.2) is 11.5 Å². The maximum atomic E-state index is 13.8. The molecule has 1 fully saturated rings. The van der Waals surface area contributed by atoms with E-state index in [9.17, 15) is 12.8 Å². The fourth-order valence-electron chi connectivity index (χ4n) is 3.53. The van der Waals surface area contributed by atoms with Gasteiger partial charge in [-0.2, -0.15) is 4.31 Å². The van der Waals surface area contributed by atoms with Gasteiger partial charge in [-0.1, -0.05) is 25.0 Å². The zero-order valence-corrected chi connectivity index (χ0v) is 16.3. The highest BCUT2D eigenvalue weighted by Gasteiger charge is 2.34. The molecule has 5 nitrogen and oxygen atoms in total. The van der Waals surface area contributed by atoms with Crippen molar-refractivity contribution in [1.29, 1.82) is 0 Å². The van der Waals surface area contributed by atoms with Gasteiger partial charge in [0.1, 0.15) is 5.82 Å². The highest BCUT2D eigenvalue weighted by Crippen LogP contribution is 2.37. The van der Waals surface area contributed by atoms with E-state index in [1.807, 2.05) is 0 Å². The van der Waals surface area contributed by atoms with Crippen molar-refractivity contribution in [3.63, 3.8) is 0 Å². The van der Waals surface area contributed by atoms with Crippen LogP contribution < -0.4 is 9.47 Å². The third-order valence-electron chi connectivity index (χ3n) is 4.90. The van der Waals surface area contributed by atoms with Crippen molar-refractivity contribution in [2.24, 2.45) is 0 Å². The van der Waals surface area contributed by atoms with Crippen molar-refractivity contribution in [3.8, 4) is 11.5 Å². The van der Waals surface area contributed by atoms with E-state index in [0.29, 0.717) is 30.0 Å². The molecule has 1 aliphatic heterocycles. The molecule has 2 aromatic rings. The molecule has 3 rings (SSSR count). The molecular formula is C20H24FNO4S. The summed E-state index contributed by atoms with van der Waals surface area (Å²) in [7, 11) is -0.809. The molecule has 27 heavy (non-hydrogen) atoms. The lowest BCUT2D eigenvalue weighted by molar-refractivity contribution is 0.327. The molecule has 1 aliphatic rings. The first kappa shape index (κ1) is 19.6. The molecule has 0 spiro atoms. The van der Waals surface area contributed by atoms with E-state index >= 15 is 0 Å². The lowest BCUT2D eigenvalue weighted by Gasteiger charge is -2.29. The summed E-state index contributed by atoms with van der Waals surface area (Å²) in [6.45, 7) is 0.401. The molecule has 1 atom stereocenters. The zero-order chi connectivity index (χ0) is 19.4. The molecule has 7 heteroatoms. The van der Waals surface area contributed by atoms with Gasteiger partial charge in [0.25, 0.3) is 0 Å². The van der Waals surface area contributed by atoms with Gasteiger partial charge in [0.2, 0.25) is 10.0 Å². The van der Waals surface area contributed by atoms with E-state index in [-0.39, 0.29) is 16.8 Å². The SMILES string of the molecule is COc1ccc(S(=O)(=O)N2CCCCC[C@H]2c2cccc(F)c2)cc1OC. The Morgan fingerprint density at radius 2 is 1.78 bits per heavy atom. The van der Waals surface area contributed by atoms with E-state index in [4.69, 9.17) is 9.47 Å². The van der Waals surface area contributed by atoms with Crippen LogP contribution in [-0.2, 0) is 10.0 Å². The molecule has 0 aromatic heterocycles. The third-order valence-corrected chi connectivity index (χ3v) is 6.80. The molecule has 2 aromatic carbocycles. The van der Waals surface area contributed by atoms with Gasteiger partial charge in [-0.25, -0.2) is 12.8 Å². The van der Waals surface area contributed by atoms with Crippen LogP contribution in [0.4, 0.5) is 4.39 Å². The smallest absolute Gasteiger partial charge is 0.243 e. The van der Waals surface area contributed by atoms with Crippen molar-refractivity contribution in [3.05, 3.63) is 53.8 Å². The lowest BCUT2D eigenvalue weighted by Crippen LogP contribution is -2.35. The quantitative estimate of drug-likeness (QED) is 0.766. The fourth-order valence-corrected chi connectivity index (χ4v) is 5.23. The van der Waals surface area contributed by atoms with Crippen molar-refractivity contribution in [1.82, 2.24) is 4.31 Å². The number of methoxy groups -OCH3 is 2. The summed E-state index contributed by atoms with van der Waals surface area (Å²) in [6, 6.07) is 10.4. The topological polar surface area (TPSA) is 55.8 Å². The van der Waals surface area contributed by atoms with Crippen LogP contribution in [0.5, 0.6) is 11.5 Å². The van der Waals surface area contributed by atoms with E-state index in [0.717, 1.165) is 19.3 Å². The molecule has 1 saturated heterocycles. The first-order valence-corrected chi connectivity index (χ1v) is 10.4. The molecule has 146 valence electrons. The second kappa shape index (κ2) is 8.27. The summed E-state index contributed by atoms with van der Waals surface area (Å²) in [5, 5.41) is 0. The molecule has 0 radical (unpaired) electrons. The molecule has 0 amide bonds. The number of ether oxygens (including phenoxy) is 2. The summed E-state index contributed by atoms with van der Waals surface area (Å²) in [5.74, 6) is 0.463.